The number of rotatable bonds is 2. The SMILES string of the molecule is CC[C@H]1OC(F)[C@]2(CF)OC(C)(C)OC12. The normalized spacial score (nSPS) is 48.2. The van der Waals surface area contributed by atoms with Crippen molar-refractivity contribution in [2.45, 2.75) is 57.1 Å². The van der Waals surface area contributed by atoms with Crippen LogP contribution in [0.5, 0.6) is 0 Å². The van der Waals surface area contributed by atoms with Gasteiger partial charge < -0.3 is 14.2 Å². The summed E-state index contributed by atoms with van der Waals surface area (Å²) < 4.78 is 42.5. The van der Waals surface area contributed by atoms with Gasteiger partial charge in [-0.25, -0.2) is 8.78 Å². The second kappa shape index (κ2) is 3.37. The van der Waals surface area contributed by atoms with Crippen molar-refractivity contribution >= 4 is 0 Å². The fourth-order valence-corrected chi connectivity index (χ4v) is 2.33. The van der Waals surface area contributed by atoms with Crippen molar-refractivity contribution in [1.29, 1.82) is 0 Å². The molecule has 0 spiro atoms. The second-order valence-electron chi connectivity index (χ2n) is 4.53. The first-order valence-electron chi connectivity index (χ1n) is 5.18. The number of ether oxygens (including phenoxy) is 3. The minimum atomic E-state index is -1.75. The molecule has 15 heavy (non-hydrogen) atoms. The van der Waals surface area contributed by atoms with Gasteiger partial charge in [-0.15, -0.1) is 0 Å². The van der Waals surface area contributed by atoms with Gasteiger partial charge in [0.05, 0.1) is 6.10 Å². The zero-order valence-corrected chi connectivity index (χ0v) is 9.13. The molecule has 2 aliphatic heterocycles. The zero-order chi connectivity index (χ0) is 11.3. The third kappa shape index (κ3) is 1.48. The van der Waals surface area contributed by atoms with Gasteiger partial charge in [0.15, 0.2) is 11.4 Å². The molecule has 0 aromatic heterocycles. The molecule has 0 amide bonds. The molecule has 2 fully saturated rings. The predicted molar refractivity (Wildman–Crippen MR) is 48.8 cm³/mol. The Hall–Kier alpha value is -0.260. The highest BCUT2D eigenvalue weighted by Crippen LogP contribution is 2.48. The van der Waals surface area contributed by atoms with Crippen molar-refractivity contribution < 1.29 is 23.0 Å². The quantitative estimate of drug-likeness (QED) is 0.714. The Morgan fingerprint density at radius 1 is 1.33 bits per heavy atom. The summed E-state index contributed by atoms with van der Waals surface area (Å²) in [7, 11) is 0. The predicted octanol–water partition coefficient (Wildman–Crippen LogP) is 1.95. The molecule has 0 aromatic carbocycles. The van der Waals surface area contributed by atoms with E-state index in [4.69, 9.17) is 14.2 Å². The lowest BCUT2D eigenvalue weighted by atomic mass is 9.96. The largest absolute Gasteiger partial charge is 0.341 e. The summed E-state index contributed by atoms with van der Waals surface area (Å²) in [6, 6.07) is 0. The van der Waals surface area contributed by atoms with E-state index in [1.54, 1.807) is 13.8 Å². The smallest absolute Gasteiger partial charge is 0.234 e. The Kier molecular flexibility index (Phi) is 2.52. The molecular formula is C10H16F2O3. The lowest BCUT2D eigenvalue weighted by Crippen LogP contribution is -2.47. The lowest BCUT2D eigenvalue weighted by molar-refractivity contribution is -0.230. The molecule has 2 heterocycles. The number of fused-ring (bicyclic) bond motifs is 1. The monoisotopic (exact) mass is 222 g/mol. The van der Waals surface area contributed by atoms with E-state index >= 15 is 0 Å². The molecule has 5 heteroatoms. The van der Waals surface area contributed by atoms with Gasteiger partial charge in [-0.1, -0.05) is 6.92 Å². The first kappa shape index (κ1) is 11.2. The topological polar surface area (TPSA) is 27.7 Å². The van der Waals surface area contributed by atoms with Crippen molar-refractivity contribution in [3.05, 3.63) is 0 Å². The molecule has 2 aliphatic rings. The van der Waals surface area contributed by atoms with E-state index in [9.17, 15) is 8.78 Å². The minimum Gasteiger partial charge on any atom is -0.341 e. The first-order valence-corrected chi connectivity index (χ1v) is 5.18. The molecular weight excluding hydrogens is 206 g/mol. The summed E-state index contributed by atoms with van der Waals surface area (Å²) in [6.07, 6.45) is -2.26. The van der Waals surface area contributed by atoms with Crippen molar-refractivity contribution in [3.63, 3.8) is 0 Å². The highest BCUT2D eigenvalue weighted by molar-refractivity contribution is 5.06. The lowest BCUT2D eigenvalue weighted by Gasteiger charge is -2.25. The number of halogens is 2. The van der Waals surface area contributed by atoms with E-state index in [1.165, 1.54) is 0 Å². The van der Waals surface area contributed by atoms with E-state index in [-0.39, 0.29) is 0 Å². The molecule has 2 saturated heterocycles. The minimum absolute atomic E-state index is 0.433. The van der Waals surface area contributed by atoms with E-state index in [0.29, 0.717) is 6.42 Å². The molecule has 3 nitrogen and oxygen atoms in total. The summed E-state index contributed by atoms with van der Waals surface area (Å²) in [5.74, 6) is -0.946. The molecule has 88 valence electrons. The van der Waals surface area contributed by atoms with Crippen molar-refractivity contribution in [2.75, 3.05) is 6.67 Å². The summed E-state index contributed by atoms with van der Waals surface area (Å²) in [5, 5.41) is 0. The Morgan fingerprint density at radius 3 is 2.53 bits per heavy atom. The van der Waals surface area contributed by atoms with Gasteiger partial charge in [0.1, 0.15) is 12.8 Å². The van der Waals surface area contributed by atoms with E-state index < -0.39 is 36.6 Å². The molecule has 0 aromatic rings. The Balaban J connectivity index is 2.30. The van der Waals surface area contributed by atoms with Crippen LogP contribution < -0.4 is 0 Å². The van der Waals surface area contributed by atoms with E-state index in [1.807, 2.05) is 6.92 Å². The van der Waals surface area contributed by atoms with Crippen molar-refractivity contribution in [1.82, 2.24) is 0 Å². The number of alkyl halides is 2. The first-order chi connectivity index (χ1) is 6.95. The molecule has 0 N–H and O–H groups in total. The summed E-state index contributed by atoms with van der Waals surface area (Å²) in [4.78, 5) is 0. The number of hydrogen-bond donors (Lipinski definition) is 0. The fraction of sp³-hybridized carbons (Fsp3) is 1.00. The third-order valence-electron chi connectivity index (χ3n) is 2.96. The highest BCUT2D eigenvalue weighted by Gasteiger charge is 2.66. The Labute approximate surface area is 87.7 Å². The van der Waals surface area contributed by atoms with Crippen molar-refractivity contribution in [2.24, 2.45) is 0 Å². The average Bonchev–Trinajstić information content (AvgIpc) is 2.58. The zero-order valence-electron chi connectivity index (χ0n) is 9.13. The van der Waals surface area contributed by atoms with Crippen LogP contribution in [0.25, 0.3) is 0 Å². The van der Waals surface area contributed by atoms with Crippen LogP contribution in [0.15, 0.2) is 0 Å². The Morgan fingerprint density at radius 2 is 2.00 bits per heavy atom. The van der Waals surface area contributed by atoms with Crippen LogP contribution in [-0.2, 0) is 14.2 Å². The van der Waals surface area contributed by atoms with Gasteiger partial charge in [0.2, 0.25) is 6.36 Å². The van der Waals surface area contributed by atoms with Crippen LogP contribution in [0.1, 0.15) is 27.2 Å². The van der Waals surface area contributed by atoms with Gasteiger partial charge in [-0.2, -0.15) is 0 Å². The maximum atomic E-state index is 13.6. The second-order valence-corrected chi connectivity index (χ2v) is 4.53. The van der Waals surface area contributed by atoms with E-state index in [2.05, 4.69) is 0 Å². The maximum Gasteiger partial charge on any atom is 0.234 e. The van der Waals surface area contributed by atoms with Crippen LogP contribution in [0, 0.1) is 0 Å². The maximum absolute atomic E-state index is 13.6. The van der Waals surface area contributed by atoms with Gasteiger partial charge in [0.25, 0.3) is 0 Å². The third-order valence-corrected chi connectivity index (χ3v) is 2.96. The molecule has 2 unspecified atom stereocenters. The van der Waals surface area contributed by atoms with Crippen molar-refractivity contribution in [3.8, 4) is 0 Å². The molecule has 0 saturated carbocycles. The molecule has 0 aliphatic carbocycles. The standard InChI is InChI=1S/C10H16F2O3/c1-4-6-7-10(5-11,8(12)13-6)15-9(2,3)14-7/h6-8H,4-5H2,1-3H3/t6-,7?,8?,10-/m1/s1. The van der Waals surface area contributed by atoms with Crippen LogP contribution in [0.4, 0.5) is 8.78 Å². The van der Waals surface area contributed by atoms with Crippen LogP contribution >= 0.6 is 0 Å². The molecule has 0 bridgehead atoms. The average molecular weight is 222 g/mol. The van der Waals surface area contributed by atoms with Gasteiger partial charge in [0, 0.05) is 0 Å². The van der Waals surface area contributed by atoms with Gasteiger partial charge in [-0.05, 0) is 20.3 Å². The van der Waals surface area contributed by atoms with E-state index in [0.717, 1.165) is 0 Å². The summed E-state index contributed by atoms with van der Waals surface area (Å²) in [6.45, 7) is 4.23. The van der Waals surface area contributed by atoms with Gasteiger partial charge in [-0.3, -0.25) is 0 Å². The van der Waals surface area contributed by atoms with Gasteiger partial charge >= 0.3 is 0 Å². The molecule has 0 radical (unpaired) electrons. The fourth-order valence-electron chi connectivity index (χ4n) is 2.33. The molecule has 4 atom stereocenters. The highest BCUT2D eigenvalue weighted by atomic mass is 19.2. The summed E-state index contributed by atoms with van der Waals surface area (Å²) >= 11 is 0. The van der Waals surface area contributed by atoms with Crippen LogP contribution in [0.3, 0.4) is 0 Å². The molecule has 2 rings (SSSR count). The number of hydrogen-bond acceptors (Lipinski definition) is 3. The Bertz CT molecular complexity index is 259. The van der Waals surface area contributed by atoms with Crippen LogP contribution in [0.2, 0.25) is 0 Å². The van der Waals surface area contributed by atoms with Crippen LogP contribution in [-0.4, -0.2) is 36.6 Å². The summed E-state index contributed by atoms with van der Waals surface area (Å²) in [5.41, 5.74) is -1.57.